The van der Waals surface area contributed by atoms with Gasteiger partial charge in [0.1, 0.15) is 35.4 Å². The van der Waals surface area contributed by atoms with Crippen LogP contribution in [0.1, 0.15) is 63.0 Å². The van der Waals surface area contributed by atoms with Crippen LogP contribution in [0.2, 0.25) is 0 Å². The van der Waals surface area contributed by atoms with E-state index in [1.165, 1.54) is 28.4 Å². The van der Waals surface area contributed by atoms with Crippen molar-refractivity contribution in [3.63, 3.8) is 0 Å². The lowest BCUT2D eigenvalue weighted by Crippen LogP contribution is -2.52. The van der Waals surface area contributed by atoms with Gasteiger partial charge >= 0.3 is 23.9 Å². The summed E-state index contributed by atoms with van der Waals surface area (Å²) in [4.78, 5) is 56.5. The molecule has 382 valence electrons. The normalized spacial score (nSPS) is 21.2. The van der Waals surface area contributed by atoms with Crippen LogP contribution in [0, 0.1) is 23.7 Å². The molecule has 76 heavy (non-hydrogen) atoms. The van der Waals surface area contributed by atoms with Crippen LogP contribution in [-0.2, 0) is 23.9 Å². The second kappa shape index (κ2) is 20.4. The Morgan fingerprint density at radius 2 is 0.803 bits per heavy atom. The molecule has 0 bridgehead atoms. The number of hydrogen-bond donors (Lipinski definition) is 2. The van der Waals surface area contributed by atoms with E-state index >= 15 is 0 Å². The van der Waals surface area contributed by atoms with Gasteiger partial charge in [-0.1, -0.05) is 133 Å². The largest absolute Gasteiger partial charge is 0.496 e. The zero-order valence-electron chi connectivity index (χ0n) is 42.1. The Hall–Kier alpha value is -8.90. The van der Waals surface area contributed by atoms with Crippen LogP contribution < -0.4 is 23.7 Å². The highest BCUT2D eigenvalue weighted by atomic mass is 16.5. The SMILES string of the molecule is COc1ccccc1C1C(C(=O)Oc2cccc3cc(-c4ccc(OC)c([C@H]5C(C(=O)O)[C@H](c6ccccc6OC)[C@H]5C(=O)OCC5c6ccccc6-c6ccccc65)c4)ccc23)[C@@H](c2ccccc2OC)[C@H]1C(=O)O. The Kier molecular flexibility index (Phi) is 13.3. The third-order valence-corrected chi connectivity index (χ3v) is 16.0. The van der Waals surface area contributed by atoms with Gasteiger partial charge in [0.2, 0.25) is 0 Å². The van der Waals surface area contributed by atoms with Gasteiger partial charge in [0.15, 0.2) is 0 Å². The summed E-state index contributed by atoms with van der Waals surface area (Å²) < 4.78 is 35.8. The van der Waals surface area contributed by atoms with Crippen molar-refractivity contribution in [3.05, 3.63) is 209 Å². The maximum absolute atomic E-state index is 14.9. The number of aliphatic carboxylic acids is 2. The summed E-state index contributed by atoms with van der Waals surface area (Å²) in [5.41, 5.74) is 8.09. The van der Waals surface area contributed by atoms with E-state index in [4.69, 9.17) is 28.4 Å². The van der Waals surface area contributed by atoms with Crippen molar-refractivity contribution in [1.82, 2.24) is 0 Å². The van der Waals surface area contributed by atoms with Crippen LogP contribution in [0.25, 0.3) is 33.0 Å². The Morgan fingerprint density at radius 3 is 1.30 bits per heavy atom. The molecule has 3 aliphatic carbocycles. The van der Waals surface area contributed by atoms with E-state index < -0.39 is 71.2 Å². The number of esters is 2. The summed E-state index contributed by atoms with van der Waals surface area (Å²) in [7, 11) is 6.07. The maximum atomic E-state index is 14.9. The second-order valence-electron chi connectivity index (χ2n) is 19.5. The monoisotopic (exact) mass is 1010 g/mol. The van der Waals surface area contributed by atoms with Gasteiger partial charge in [0.25, 0.3) is 0 Å². The first-order chi connectivity index (χ1) is 37.1. The highest BCUT2D eigenvalue weighted by Gasteiger charge is 2.62. The molecule has 0 amide bonds. The molecular weight excluding hydrogens is 961 g/mol. The number of benzene rings is 8. The van der Waals surface area contributed by atoms with Crippen molar-refractivity contribution in [2.45, 2.75) is 29.6 Å². The van der Waals surface area contributed by atoms with E-state index in [9.17, 15) is 29.4 Å². The Bertz CT molecular complexity index is 3460. The van der Waals surface area contributed by atoms with Crippen molar-refractivity contribution >= 4 is 34.6 Å². The standard InChI is InChI=1S/C64H54O12/c1-71-48-24-12-9-21-43(48)53-58(62(67)68)56(59(53)63(69)75-34-47-41-19-7-5-17-39(41)40-18-6-8-20-42(40)47)46-33-36(29-31-51(46)74-4)35-28-30-38-37(32-35)16-15-27-52(38)76-64(70)60-54(44-22-10-13-25-49(44)72-2)57(61(65)66)55(60)45-23-11-14-26-50(45)73-3/h5-33,47,53-60H,34H2,1-4H3,(H,65,66)(H,67,68)/t53-,54-,55?,56-,57+,58?,59+,60?/m0/s1. The van der Waals surface area contributed by atoms with Gasteiger partial charge in [0.05, 0.1) is 52.1 Å². The summed E-state index contributed by atoms with van der Waals surface area (Å²) in [6.07, 6.45) is 0. The van der Waals surface area contributed by atoms with E-state index in [-0.39, 0.29) is 18.3 Å². The number of ether oxygens (including phenoxy) is 6. The first-order valence-corrected chi connectivity index (χ1v) is 25.2. The lowest BCUT2D eigenvalue weighted by Gasteiger charge is -2.49. The Balaban J connectivity index is 0.931. The molecule has 12 nitrogen and oxygen atoms in total. The summed E-state index contributed by atoms with van der Waals surface area (Å²) in [6.45, 7) is 0.0618. The number of methoxy groups -OCH3 is 4. The molecule has 2 fully saturated rings. The van der Waals surface area contributed by atoms with Crippen molar-refractivity contribution in [2.24, 2.45) is 23.7 Å². The van der Waals surface area contributed by atoms with Gasteiger partial charge in [-0.3, -0.25) is 19.2 Å². The van der Waals surface area contributed by atoms with Crippen LogP contribution in [0.3, 0.4) is 0 Å². The van der Waals surface area contributed by atoms with E-state index in [1.807, 2.05) is 78.9 Å². The van der Waals surface area contributed by atoms with Crippen LogP contribution in [0.5, 0.6) is 28.7 Å². The minimum Gasteiger partial charge on any atom is -0.496 e. The summed E-state index contributed by atoms with van der Waals surface area (Å²) in [5, 5.41) is 23.2. The number of hydrogen-bond acceptors (Lipinski definition) is 10. The van der Waals surface area contributed by atoms with Crippen molar-refractivity contribution < 1.29 is 57.8 Å². The fraction of sp³-hybridized carbons (Fsp3) is 0.219. The first kappa shape index (κ1) is 49.3. The van der Waals surface area contributed by atoms with E-state index in [1.54, 1.807) is 72.8 Å². The molecule has 12 heteroatoms. The van der Waals surface area contributed by atoms with E-state index in [0.29, 0.717) is 50.6 Å². The molecule has 3 aliphatic rings. The highest BCUT2D eigenvalue weighted by molar-refractivity contribution is 5.95. The summed E-state index contributed by atoms with van der Waals surface area (Å²) in [5.74, 6) is -8.52. The molecule has 0 aromatic heterocycles. The van der Waals surface area contributed by atoms with E-state index in [2.05, 4.69) is 24.3 Å². The fourth-order valence-corrected chi connectivity index (χ4v) is 12.6. The zero-order chi connectivity index (χ0) is 52.8. The molecule has 0 spiro atoms. The van der Waals surface area contributed by atoms with Crippen LogP contribution in [0.15, 0.2) is 176 Å². The number of carbonyl (C=O) groups is 4. The van der Waals surface area contributed by atoms with Crippen molar-refractivity contribution in [2.75, 3.05) is 35.0 Å². The fourth-order valence-electron chi connectivity index (χ4n) is 12.6. The zero-order valence-corrected chi connectivity index (χ0v) is 42.1. The molecule has 8 aromatic rings. The second-order valence-corrected chi connectivity index (χ2v) is 19.5. The minimum atomic E-state index is -1.08. The Morgan fingerprint density at radius 1 is 0.395 bits per heavy atom. The van der Waals surface area contributed by atoms with Crippen LogP contribution in [-0.4, -0.2) is 69.1 Å². The minimum absolute atomic E-state index is 0.0618. The number of rotatable bonds is 16. The quantitative estimate of drug-likeness (QED) is 0.0696. The highest BCUT2D eigenvalue weighted by Crippen LogP contribution is 2.63. The molecule has 11 rings (SSSR count). The molecule has 2 N–H and O–H groups in total. The third kappa shape index (κ3) is 8.34. The Labute approximate surface area is 439 Å². The van der Waals surface area contributed by atoms with Gasteiger partial charge < -0.3 is 38.6 Å². The molecular formula is C64H54O12. The average Bonchev–Trinajstić information content (AvgIpc) is 3.81. The van der Waals surface area contributed by atoms with E-state index in [0.717, 1.165) is 38.8 Å². The molecule has 0 saturated heterocycles. The van der Waals surface area contributed by atoms with Crippen molar-refractivity contribution in [1.29, 1.82) is 0 Å². The summed E-state index contributed by atoms with van der Waals surface area (Å²) in [6, 6.07) is 54.3. The predicted octanol–water partition coefficient (Wildman–Crippen LogP) is 11.9. The number of carboxylic acid groups (broad SMARTS) is 2. The number of carboxylic acids is 2. The number of carbonyl (C=O) groups excluding carboxylic acids is 2. The van der Waals surface area contributed by atoms with Gasteiger partial charge in [-0.25, -0.2) is 0 Å². The molecule has 0 aliphatic heterocycles. The maximum Gasteiger partial charge on any atom is 0.315 e. The van der Waals surface area contributed by atoms with Gasteiger partial charge in [-0.2, -0.15) is 0 Å². The lowest BCUT2D eigenvalue weighted by atomic mass is 9.52. The topological polar surface area (TPSA) is 164 Å². The van der Waals surface area contributed by atoms with Gasteiger partial charge in [0, 0.05) is 35.0 Å². The molecule has 8 atom stereocenters. The third-order valence-electron chi connectivity index (χ3n) is 16.0. The number of para-hydroxylation sites is 3. The van der Waals surface area contributed by atoms with Gasteiger partial charge in [-0.15, -0.1) is 0 Å². The first-order valence-electron chi connectivity index (χ1n) is 25.2. The smallest absolute Gasteiger partial charge is 0.315 e. The van der Waals surface area contributed by atoms with Gasteiger partial charge in [-0.05, 0) is 103 Å². The lowest BCUT2D eigenvalue weighted by molar-refractivity contribution is -0.165. The average molecular weight is 1020 g/mol. The molecule has 3 unspecified atom stereocenters. The molecule has 2 saturated carbocycles. The molecule has 0 radical (unpaired) electrons. The molecule has 0 heterocycles. The van der Waals surface area contributed by atoms with Crippen LogP contribution in [0.4, 0.5) is 0 Å². The molecule has 8 aromatic carbocycles. The predicted molar refractivity (Wildman–Crippen MR) is 285 cm³/mol. The van der Waals surface area contributed by atoms with Crippen molar-refractivity contribution in [3.8, 4) is 51.0 Å². The number of fused-ring (bicyclic) bond motifs is 4. The summed E-state index contributed by atoms with van der Waals surface area (Å²) >= 11 is 0. The van der Waals surface area contributed by atoms with Crippen LogP contribution >= 0.6 is 0 Å².